The highest BCUT2D eigenvalue weighted by Crippen LogP contribution is 2.36. The van der Waals surface area contributed by atoms with Crippen LogP contribution in [0.1, 0.15) is 31.8 Å². The quantitative estimate of drug-likeness (QED) is 0.239. The van der Waals surface area contributed by atoms with Crippen LogP contribution in [0.2, 0.25) is 5.02 Å². The van der Waals surface area contributed by atoms with Gasteiger partial charge in [0, 0.05) is 16.7 Å². The van der Waals surface area contributed by atoms with Gasteiger partial charge in [0.2, 0.25) is 0 Å². The first kappa shape index (κ1) is 25.3. The zero-order valence-electron chi connectivity index (χ0n) is 20.0. The minimum atomic E-state index is -1.68. The van der Waals surface area contributed by atoms with Crippen molar-refractivity contribution in [3.63, 3.8) is 0 Å². The molecule has 0 fully saturated rings. The van der Waals surface area contributed by atoms with Crippen LogP contribution in [-0.2, 0) is 17.3 Å². The predicted molar refractivity (Wildman–Crippen MR) is 145 cm³/mol. The lowest BCUT2D eigenvalue weighted by Crippen LogP contribution is -2.30. The largest absolute Gasteiger partial charge is 0.321 e. The summed E-state index contributed by atoms with van der Waals surface area (Å²) >= 11 is 6.18. The summed E-state index contributed by atoms with van der Waals surface area (Å²) in [4.78, 5) is 40.0. The fourth-order valence-corrected chi connectivity index (χ4v) is 5.89. The second-order valence-corrected chi connectivity index (χ2v) is 10.5. The van der Waals surface area contributed by atoms with Crippen molar-refractivity contribution in [1.82, 2.24) is 0 Å². The van der Waals surface area contributed by atoms with Crippen molar-refractivity contribution in [2.75, 3.05) is 10.2 Å². The van der Waals surface area contributed by atoms with Crippen LogP contribution in [-0.4, -0.2) is 20.9 Å². The molecule has 5 rings (SSSR count). The third kappa shape index (κ3) is 4.69. The lowest BCUT2D eigenvalue weighted by molar-refractivity contribution is -0.385. The summed E-state index contributed by atoms with van der Waals surface area (Å²) in [6.45, 7) is 1.68. The van der Waals surface area contributed by atoms with E-state index in [1.807, 2.05) is 6.07 Å². The number of halogens is 1. The number of hydrogen-bond donors (Lipinski definition) is 1. The van der Waals surface area contributed by atoms with Gasteiger partial charge in [-0.15, -0.1) is 0 Å². The second-order valence-electron chi connectivity index (χ2n) is 8.63. The normalized spacial score (nSPS) is 14.3. The number of carbonyl (C=O) groups is 2. The molecule has 0 aromatic heterocycles. The van der Waals surface area contributed by atoms with Crippen molar-refractivity contribution >= 4 is 51.3 Å². The molecule has 8 nitrogen and oxygen atoms in total. The van der Waals surface area contributed by atoms with Crippen LogP contribution < -0.4 is 10.2 Å². The minimum absolute atomic E-state index is 0.115. The Labute approximate surface area is 225 Å². The highest BCUT2D eigenvalue weighted by molar-refractivity contribution is 7.85. The zero-order chi connectivity index (χ0) is 27.0. The Hall–Kier alpha value is -4.34. The number of fused-ring (bicyclic) bond motifs is 2. The van der Waals surface area contributed by atoms with Crippen molar-refractivity contribution in [1.29, 1.82) is 0 Å². The molecule has 0 radical (unpaired) electrons. The van der Waals surface area contributed by atoms with Gasteiger partial charge < -0.3 is 10.2 Å². The van der Waals surface area contributed by atoms with Crippen LogP contribution in [0.5, 0.6) is 0 Å². The molecule has 1 N–H and O–H groups in total. The highest BCUT2D eigenvalue weighted by Gasteiger charge is 2.31. The summed E-state index contributed by atoms with van der Waals surface area (Å²) in [6, 6.07) is 22.8. The monoisotopic (exact) mass is 545 g/mol. The summed E-state index contributed by atoms with van der Waals surface area (Å²) in [5, 5.41) is 14.5. The topological polar surface area (TPSA) is 110 Å². The standard InChI is InChI=1S/C28H20ClN3O5S/c1-17-22(9-5-10-23(17)32(35)36)30-27(33)19-12-13-26-24(15-19)31(16-18-6-4-7-20(29)14-18)28(34)21-8-2-3-11-25(21)38(26)37/h2-15H,16H2,1H3,(H,30,33)/t38-/m0/s1. The number of carbonyl (C=O) groups excluding carboxylic acids is 2. The number of anilines is 2. The highest BCUT2D eigenvalue weighted by atomic mass is 35.5. The minimum Gasteiger partial charge on any atom is -0.321 e. The molecule has 2 amide bonds. The first-order chi connectivity index (χ1) is 18.2. The van der Waals surface area contributed by atoms with E-state index in [-0.39, 0.29) is 23.7 Å². The number of hydrogen-bond acceptors (Lipinski definition) is 5. The van der Waals surface area contributed by atoms with Crippen molar-refractivity contribution in [2.24, 2.45) is 0 Å². The van der Waals surface area contributed by atoms with E-state index in [2.05, 4.69) is 5.32 Å². The number of nitrogens with one attached hydrogen (secondary N) is 1. The van der Waals surface area contributed by atoms with Crippen molar-refractivity contribution in [3.05, 3.63) is 122 Å². The average Bonchev–Trinajstić information content (AvgIpc) is 2.99. The van der Waals surface area contributed by atoms with Gasteiger partial charge in [-0.1, -0.05) is 41.9 Å². The van der Waals surface area contributed by atoms with E-state index in [9.17, 15) is 23.9 Å². The molecule has 0 bridgehead atoms. The van der Waals surface area contributed by atoms with Gasteiger partial charge in [-0.05, 0) is 61.0 Å². The molecule has 0 unspecified atom stereocenters. The second kappa shape index (κ2) is 10.2. The Kier molecular flexibility index (Phi) is 6.79. The van der Waals surface area contributed by atoms with Gasteiger partial charge in [0.1, 0.15) is 0 Å². The summed E-state index contributed by atoms with van der Waals surface area (Å²) in [5.74, 6) is -0.890. The molecule has 1 aliphatic rings. The first-order valence-electron chi connectivity index (χ1n) is 11.5. The Morgan fingerprint density at radius 1 is 1.00 bits per heavy atom. The van der Waals surface area contributed by atoms with E-state index >= 15 is 0 Å². The number of nitrogens with zero attached hydrogens (tertiary/aromatic N) is 2. The molecular weight excluding hydrogens is 526 g/mol. The maximum Gasteiger partial charge on any atom is 0.274 e. The Bertz CT molecular complexity index is 1660. The van der Waals surface area contributed by atoms with Crippen LogP contribution in [0.25, 0.3) is 0 Å². The third-order valence-electron chi connectivity index (χ3n) is 6.25. The average molecular weight is 546 g/mol. The van der Waals surface area contributed by atoms with E-state index in [4.69, 9.17) is 11.6 Å². The summed E-state index contributed by atoms with van der Waals surface area (Å²) in [6.07, 6.45) is 0. The van der Waals surface area contributed by atoms with E-state index in [1.54, 1.807) is 61.5 Å². The van der Waals surface area contributed by atoms with Crippen molar-refractivity contribution < 1.29 is 18.7 Å². The number of nitro groups is 1. The Morgan fingerprint density at radius 3 is 2.53 bits per heavy atom. The predicted octanol–water partition coefficient (Wildman–Crippen LogP) is 6.14. The van der Waals surface area contributed by atoms with E-state index in [1.165, 1.54) is 29.2 Å². The molecule has 4 aromatic rings. The van der Waals surface area contributed by atoms with Gasteiger partial charge in [0.25, 0.3) is 17.5 Å². The molecule has 4 aromatic carbocycles. The fourth-order valence-electron chi connectivity index (χ4n) is 4.33. The number of nitro benzene ring substituents is 1. The van der Waals surface area contributed by atoms with Crippen molar-refractivity contribution in [3.8, 4) is 0 Å². The van der Waals surface area contributed by atoms with Crippen LogP contribution in [0.3, 0.4) is 0 Å². The summed E-state index contributed by atoms with van der Waals surface area (Å²) < 4.78 is 13.6. The summed E-state index contributed by atoms with van der Waals surface area (Å²) in [5.41, 5.74) is 2.08. The maximum absolute atomic E-state index is 13.7. The number of rotatable bonds is 5. The molecule has 1 heterocycles. The van der Waals surface area contributed by atoms with Crippen LogP contribution in [0.4, 0.5) is 17.1 Å². The lowest BCUT2D eigenvalue weighted by atomic mass is 10.1. The molecule has 1 aliphatic heterocycles. The van der Waals surface area contributed by atoms with Gasteiger partial charge in [0.15, 0.2) is 0 Å². The van der Waals surface area contributed by atoms with Gasteiger partial charge >= 0.3 is 0 Å². The van der Waals surface area contributed by atoms with Crippen molar-refractivity contribution in [2.45, 2.75) is 23.3 Å². The summed E-state index contributed by atoms with van der Waals surface area (Å²) in [7, 11) is -1.68. The van der Waals surface area contributed by atoms with E-state index < -0.39 is 21.6 Å². The zero-order valence-corrected chi connectivity index (χ0v) is 21.6. The Morgan fingerprint density at radius 2 is 1.76 bits per heavy atom. The maximum atomic E-state index is 13.7. The number of amides is 2. The lowest BCUT2D eigenvalue weighted by Gasteiger charge is -2.24. The molecule has 190 valence electrons. The van der Waals surface area contributed by atoms with Gasteiger partial charge in [-0.2, -0.15) is 0 Å². The van der Waals surface area contributed by atoms with Gasteiger partial charge in [-0.3, -0.25) is 19.7 Å². The van der Waals surface area contributed by atoms with E-state index in [0.717, 1.165) is 5.56 Å². The molecule has 0 aliphatic carbocycles. The fraction of sp³-hybridized carbons (Fsp3) is 0.0714. The van der Waals surface area contributed by atoms with Crippen LogP contribution >= 0.6 is 11.6 Å². The van der Waals surface area contributed by atoms with Crippen LogP contribution in [0.15, 0.2) is 94.7 Å². The molecule has 0 saturated carbocycles. The number of benzene rings is 4. The van der Waals surface area contributed by atoms with Gasteiger partial charge in [0.05, 0.1) is 54.6 Å². The third-order valence-corrected chi connectivity index (χ3v) is 7.99. The first-order valence-corrected chi connectivity index (χ1v) is 13.0. The smallest absolute Gasteiger partial charge is 0.274 e. The molecule has 38 heavy (non-hydrogen) atoms. The molecule has 10 heteroatoms. The molecule has 0 spiro atoms. The van der Waals surface area contributed by atoms with Gasteiger partial charge in [-0.25, -0.2) is 4.21 Å². The molecular formula is C28H20ClN3O5S. The SMILES string of the molecule is Cc1c(NC(=O)c2ccc3c(c2)N(Cc2cccc(Cl)c2)C(=O)c2ccccc2[S@@]3=O)cccc1[N+](=O)[O-]. The molecule has 1 atom stereocenters. The molecule has 0 saturated heterocycles. The van der Waals surface area contributed by atoms with E-state index in [0.29, 0.717) is 37.3 Å². The van der Waals surface area contributed by atoms with Crippen LogP contribution in [0, 0.1) is 17.0 Å². The Balaban J connectivity index is 1.59.